The van der Waals surface area contributed by atoms with Crippen LogP contribution in [0.4, 0.5) is 0 Å². The van der Waals surface area contributed by atoms with E-state index in [4.69, 9.17) is 5.11 Å². The average Bonchev–Trinajstić information content (AvgIpc) is 2.99. The summed E-state index contributed by atoms with van der Waals surface area (Å²) in [5, 5.41) is 16.7. The predicted molar refractivity (Wildman–Crippen MR) is 70.0 cm³/mol. The zero-order chi connectivity index (χ0) is 13.8. The number of carbonyl (C=O) groups excluding carboxylic acids is 1. The first-order valence-corrected chi connectivity index (χ1v) is 5.98. The zero-order valence-corrected chi connectivity index (χ0v) is 10.9. The minimum Gasteiger partial charge on any atom is -0.394 e. The van der Waals surface area contributed by atoms with Crippen LogP contribution in [-0.2, 0) is 0 Å². The van der Waals surface area contributed by atoms with Gasteiger partial charge in [0.25, 0.3) is 5.91 Å². The van der Waals surface area contributed by atoms with E-state index in [2.05, 4.69) is 10.3 Å². The van der Waals surface area contributed by atoms with Crippen LogP contribution < -0.4 is 0 Å². The van der Waals surface area contributed by atoms with Crippen LogP contribution >= 0.6 is 0 Å². The first kappa shape index (κ1) is 13.2. The molecule has 2 rings (SSSR count). The number of hydrogen-bond acceptors (Lipinski definition) is 4. The van der Waals surface area contributed by atoms with Gasteiger partial charge in [-0.15, -0.1) is 5.10 Å². The molecule has 0 saturated carbocycles. The highest BCUT2D eigenvalue weighted by Crippen LogP contribution is 2.12. The standard InChI is InChI=1S/C13H16N4O2/c1-10(9-18)16(2)13(19)11-4-3-5-12(8-11)17-7-6-14-15-17/h3-8,10,18H,9H2,1-2H3. The Hall–Kier alpha value is -2.21. The van der Waals surface area contributed by atoms with Crippen LogP contribution in [0.3, 0.4) is 0 Å². The summed E-state index contributed by atoms with van der Waals surface area (Å²) < 4.78 is 1.59. The van der Waals surface area contributed by atoms with Gasteiger partial charge in [-0.2, -0.15) is 0 Å². The van der Waals surface area contributed by atoms with E-state index < -0.39 is 0 Å². The number of amides is 1. The zero-order valence-electron chi connectivity index (χ0n) is 10.9. The van der Waals surface area contributed by atoms with E-state index in [-0.39, 0.29) is 18.6 Å². The molecule has 19 heavy (non-hydrogen) atoms. The fraction of sp³-hybridized carbons (Fsp3) is 0.308. The van der Waals surface area contributed by atoms with Gasteiger partial charge in [-0.25, -0.2) is 4.68 Å². The minimum absolute atomic E-state index is 0.0645. The van der Waals surface area contributed by atoms with Gasteiger partial charge in [0.15, 0.2) is 0 Å². The summed E-state index contributed by atoms with van der Waals surface area (Å²) in [5.74, 6) is -0.136. The van der Waals surface area contributed by atoms with Gasteiger partial charge >= 0.3 is 0 Å². The van der Waals surface area contributed by atoms with Gasteiger partial charge in [-0.1, -0.05) is 11.3 Å². The molecule has 1 amide bonds. The van der Waals surface area contributed by atoms with Crippen molar-refractivity contribution in [1.82, 2.24) is 19.9 Å². The number of carbonyl (C=O) groups is 1. The summed E-state index contributed by atoms with van der Waals surface area (Å²) in [4.78, 5) is 13.8. The van der Waals surface area contributed by atoms with Crippen LogP contribution in [0.25, 0.3) is 5.69 Å². The van der Waals surface area contributed by atoms with E-state index >= 15 is 0 Å². The van der Waals surface area contributed by atoms with E-state index in [1.165, 1.54) is 4.90 Å². The molecule has 0 radical (unpaired) electrons. The lowest BCUT2D eigenvalue weighted by molar-refractivity contribution is 0.0682. The molecule has 2 aromatic rings. The Labute approximate surface area is 111 Å². The lowest BCUT2D eigenvalue weighted by Gasteiger charge is -2.23. The van der Waals surface area contributed by atoms with Gasteiger partial charge in [0.1, 0.15) is 0 Å². The molecule has 100 valence electrons. The maximum Gasteiger partial charge on any atom is 0.253 e. The summed E-state index contributed by atoms with van der Waals surface area (Å²) >= 11 is 0. The first-order valence-electron chi connectivity index (χ1n) is 5.98. The molecule has 0 saturated heterocycles. The van der Waals surface area contributed by atoms with Crippen LogP contribution in [0.1, 0.15) is 17.3 Å². The van der Waals surface area contributed by atoms with Crippen molar-refractivity contribution in [2.75, 3.05) is 13.7 Å². The molecule has 6 heteroatoms. The van der Waals surface area contributed by atoms with E-state index in [9.17, 15) is 4.79 Å². The Kier molecular flexibility index (Phi) is 3.91. The Morgan fingerprint density at radius 3 is 2.95 bits per heavy atom. The van der Waals surface area contributed by atoms with Gasteiger partial charge in [-0.3, -0.25) is 4.79 Å². The fourth-order valence-electron chi connectivity index (χ4n) is 1.65. The van der Waals surface area contributed by atoms with Gasteiger partial charge in [0.05, 0.1) is 30.7 Å². The predicted octanol–water partition coefficient (Wildman–Crippen LogP) is 0.720. The quantitative estimate of drug-likeness (QED) is 0.879. The molecule has 1 unspecified atom stereocenters. The minimum atomic E-state index is -0.220. The molecule has 0 aliphatic heterocycles. The summed E-state index contributed by atoms with van der Waals surface area (Å²) in [6, 6.07) is 6.91. The number of rotatable bonds is 4. The molecular weight excluding hydrogens is 244 g/mol. The van der Waals surface area contributed by atoms with Gasteiger partial charge < -0.3 is 10.0 Å². The molecule has 6 nitrogen and oxygen atoms in total. The lowest BCUT2D eigenvalue weighted by atomic mass is 10.1. The van der Waals surface area contributed by atoms with Gasteiger partial charge in [0.2, 0.25) is 0 Å². The van der Waals surface area contributed by atoms with Crippen LogP contribution in [-0.4, -0.2) is 50.6 Å². The largest absolute Gasteiger partial charge is 0.394 e. The summed E-state index contributed by atoms with van der Waals surface area (Å²) in [6.45, 7) is 1.73. The molecular formula is C13H16N4O2. The molecule has 1 aromatic carbocycles. The van der Waals surface area contributed by atoms with Crippen molar-refractivity contribution >= 4 is 5.91 Å². The number of aromatic nitrogens is 3. The molecule has 0 aliphatic carbocycles. The monoisotopic (exact) mass is 260 g/mol. The first-order chi connectivity index (χ1) is 9.13. The molecule has 0 spiro atoms. The van der Waals surface area contributed by atoms with E-state index in [0.717, 1.165) is 5.69 Å². The second kappa shape index (κ2) is 5.62. The number of benzene rings is 1. The molecule has 0 aliphatic rings. The molecule has 1 atom stereocenters. The Morgan fingerprint density at radius 2 is 2.32 bits per heavy atom. The third-order valence-corrected chi connectivity index (χ3v) is 3.03. The lowest BCUT2D eigenvalue weighted by Crippen LogP contribution is -2.37. The van der Waals surface area contributed by atoms with Crippen molar-refractivity contribution in [2.45, 2.75) is 13.0 Å². The molecule has 0 fully saturated rings. The summed E-state index contributed by atoms with van der Waals surface area (Å²) in [6.07, 6.45) is 3.29. The number of nitrogens with zero attached hydrogens (tertiary/aromatic N) is 4. The fourth-order valence-corrected chi connectivity index (χ4v) is 1.65. The second-order valence-electron chi connectivity index (χ2n) is 4.35. The Bertz CT molecular complexity index is 554. The van der Waals surface area contributed by atoms with E-state index in [1.807, 2.05) is 6.07 Å². The highest BCUT2D eigenvalue weighted by Gasteiger charge is 2.17. The summed E-state index contributed by atoms with van der Waals surface area (Å²) in [7, 11) is 1.67. The smallest absolute Gasteiger partial charge is 0.253 e. The SMILES string of the molecule is CC(CO)N(C)C(=O)c1cccc(-n2ccnn2)c1. The van der Waals surface area contributed by atoms with Crippen LogP contribution in [0.2, 0.25) is 0 Å². The van der Waals surface area contributed by atoms with Crippen LogP contribution in [0.5, 0.6) is 0 Å². The molecule has 1 heterocycles. The third-order valence-electron chi connectivity index (χ3n) is 3.03. The number of aliphatic hydroxyl groups is 1. The maximum absolute atomic E-state index is 12.2. The van der Waals surface area contributed by atoms with Crippen molar-refractivity contribution in [3.8, 4) is 5.69 Å². The highest BCUT2D eigenvalue weighted by atomic mass is 16.3. The number of hydrogen-bond donors (Lipinski definition) is 1. The number of aliphatic hydroxyl groups excluding tert-OH is 1. The van der Waals surface area contributed by atoms with E-state index in [1.54, 1.807) is 49.2 Å². The van der Waals surface area contributed by atoms with Crippen molar-refractivity contribution < 1.29 is 9.90 Å². The summed E-state index contributed by atoms with van der Waals surface area (Å²) in [5.41, 5.74) is 1.32. The van der Waals surface area contributed by atoms with Crippen LogP contribution in [0.15, 0.2) is 36.7 Å². The van der Waals surface area contributed by atoms with Crippen molar-refractivity contribution in [3.63, 3.8) is 0 Å². The topological polar surface area (TPSA) is 71.2 Å². The maximum atomic E-state index is 12.2. The highest BCUT2D eigenvalue weighted by molar-refractivity contribution is 5.94. The second-order valence-corrected chi connectivity index (χ2v) is 4.35. The van der Waals surface area contributed by atoms with E-state index in [0.29, 0.717) is 5.56 Å². The van der Waals surface area contributed by atoms with Crippen molar-refractivity contribution in [2.24, 2.45) is 0 Å². The molecule has 1 N–H and O–H groups in total. The Balaban J connectivity index is 2.26. The number of likely N-dealkylation sites (N-methyl/N-ethyl adjacent to an activating group) is 1. The van der Waals surface area contributed by atoms with Gasteiger partial charge in [0, 0.05) is 12.6 Å². The third kappa shape index (κ3) is 2.79. The Morgan fingerprint density at radius 1 is 1.53 bits per heavy atom. The average molecular weight is 260 g/mol. The molecule has 1 aromatic heterocycles. The van der Waals surface area contributed by atoms with Crippen LogP contribution in [0, 0.1) is 0 Å². The van der Waals surface area contributed by atoms with Crippen molar-refractivity contribution in [1.29, 1.82) is 0 Å². The molecule has 0 bridgehead atoms. The normalized spacial score (nSPS) is 12.2. The van der Waals surface area contributed by atoms with Gasteiger partial charge in [-0.05, 0) is 25.1 Å². The van der Waals surface area contributed by atoms with Crippen molar-refractivity contribution in [3.05, 3.63) is 42.2 Å².